The molecule has 8 heteroatoms. The van der Waals surface area contributed by atoms with Crippen molar-refractivity contribution in [2.24, 2.45) is 5.73 Å². The molecule has 3 rings (SSSR count). The Kier molecular flexibility index (Phi) is 4.96. The molecule has 128 valence electrons. The topological polar surface area (TPSA) is 104 Å². The van der Waals surface area contributed by atoms with E-state index in [4.69, 9.17) is 5.73 Å². The third-order valence-electron chi connectivity index (χ3n) is 4.12. The highest BCUT2D eigenvalue weighted by atomic mass is 32.1. The number of aromatic nitrogens is 2. The van der Waals surface area contributed by atoms with Crippen LogP contribution in [0.4, 0.5) is 0 Å². The molecule has 0 radical (unpaired) electrons. The van der Waals surface area contributed by atoms with Crippen LogP contribution >= 0.6 is 11.3 Å². The lowest BCUT2D eigenvalue weighted by Gasteiger charge is -2.31. The lowest BCUT2D eigenvalue weighted by atomic mass is 10.0. The van der Waals surface area contributed by atoms with Crippen LogP contribution in [-0.4, -0.2) is 52.6 Å². The van der Waals surface area contributed by atoms with E-state index in [9.17, 15) is 9.59 Å². The number of hydrogen-bond donors (Lipinski definition) is 3. The second-order valence-corrected chi connectivity index (χ2v) is 7.36. The van der Waals surface area contributed by atoms with Crippen molar-refractivity contribution in [1.82, 2.24) is 20.4 Å². The van der Waals surface area contributed by atoms with Gasteiger partial charge in [-0.2, -0.15) is 5.10 Å². The smallest absolute Gasteiger partial charge is 0.272 e. The van der Waals surface area contributed by atoms with Gasteiger partial charge in [0.05, 0.1) is 17.1 Å². The van der Waals surface area contributed by atoms with Crippen molar-refractivity contribution in [2.75, 3.05) is 19.6 Å². The van der Waals surface area contributed by atoms with Gasteiger partial charge in [0.2, 0.25) is 5.91 Å². The van der Waals surface area contributed by atoms with Gasteiger partial charge < -0.3 is 11.1 Å². The van der Waals surface area contributed by atoms with Crippen LogP contribution in [0, 0.1) is 6.92 Å². The molecule has 2 aromatic rings. The Bertz CT molecular complexity index is 730. The highest BCUT2D eigenvalue weighted by Gasteiger charge is 2.23. The maximum absolute atomic E-state index is 12.3. The number of amides is 2. The zero-order valence-electron chi connectivity index (χ0n) is 13.5. The van der Waals surface area contributed by atoms with Crippen molar-refractivity contribution < 1.29 is 9.59 Å². The molecule has 0 bridgehead atoms. The zero-order valence-corrected chi connectivity index (χ0v) is 14.4. The molecule has 1 fully saturated rings. The lowest BCUT2D eigenvalue weighted by molar-refractivity contribution is -0.119. The highest BCUT2D eigenvalue weighted by Crippen LogP contribution is 2.26. The van der Waals surface area contributed by atoms with Gasteiger partial charge in [0, 0.05) is 24.0 Å². The van der Waals surface area contributed by atoms with E-state index < -0.39 is 0 Å². The Morgan fingerprint density at radius 2 is 2.17 bits per heavy atom. The van der Waals surface area contributed by atoms with Crippen LogP contribution in [0.1, 0.15) is 28.2 Å². The first-order valence-corrected chi connectivity index (χ1v) is 8.76. The van der Waals surface area contributed by atoms with Crippen molar-refractivity contribution in [3.05, 3.63) is 28.8 Å². The highest BCUT2D eigenvalue weighted by molar-refractivity contribution is 7.15. The fourth-order valence-electron chi connectivity index (χ4n) is 2.86. The van der Waals surface area contributed by atoms with Crippen LogP contribution in [0.15, 0.2) is 18.2 Å². The summed E-state index contributed by atoms with van der Waals surface area (Å²) in [5.74, 6) is -0.482. The maximum atomic E-state index is 12.3. The molecule has 4 N–H and O–H groups in total. The number of hydrogen-bond acceptors (Lipinski definition) is 5. The number of primary amides is 1. The minimum atomic E-state index is -0.314. The number of aromatic amines is 1. The summed E-state index contributed by atoms with van der Waals surface area (Å²) >= 11 is 1.66. The summed E-state index contributed by atoms with van der Waals surface area (Å²) in [7, 11) is 0. The standard InChI is InChI=1S/C16H21N5O2S/c1-10-2-3-14(24-10)12-8-13(20-19-12)16(23)18-11-4-6-21(7-5-11)9-15(17)22/h2-3,8,11H,4-7,9H2,1H3,(H2,17,22)(H,18,23)(H,19,20). The van der Waals surface area contributed by atoms with Gasteiger partial charge in [0.15, 0.2) is 5.69 Å². The third kappa shape index (κ3) is 4.01. The second-order valence-electron chi connectivity index (χ2n) is 6.07. The molecule has 1 saturated heterocycles. The van der Waals surface area contributed by atoms with Crippen LogP contribution in [0.2, 0.25) is 0 Å². The Hall–Kier alpha value is -2.19. The van der Waals surface area contributed by atoms with E-state index in [1.807, 2.05) is 24.0 Å². The number of thiophene rings is 1. The summed E-state index contributed by atoms with van der Waals surface area (Å²) in [6.07, 6.45) is 1.61. The molecular formula is C16H21N5O2S. The number of carbonyl (C=O) groups excluding carboxylic acids is 2. The number of carbonyl (C=O) groups is 2. The average molecular weight is 347 g/mol. The first-order valence-electron chi connectivity index (χ1n) is 7.95. The quantitative estimate of drug-likeness (QED) is 0.754. The third-order valence-corrected chi connectivity index (χ3v) is 5.15. The molecule has 0 saturated carbocycles. The van der Waals surface area contributed by atoms with Gasteiger partial charge in [-0.1, -0.05) is 0 Å². The van der Waals surface area contributed by atoms with Crippen molar-refractivity contribution in [2.45, 2.75) is 25.8 Å². The lowest BCUT2D eigenvalue weighted by Crippen LogP contribution is -2.46. The molecule has 0 spiro atoms. The van der Waals surface area contributed by atoms with Crippen LogP contribution in [0.25, 0.3) is 10.6 Å². The number of likely N-dealkylation sites (tertiary alicyclic amines) is 1. The Balaban J connectivity index is 1.54. The first-order chi connectivity index (χ1) is 11.5. The monoisotopic (exact) mass is 347 g/mol. The molecule has 7 nitrogen and oxygen atoms in total. The van der Waals surface area contributed by atoms with Crippen LogP contribution in [0.3, 0.4) is 0 Å². The molecule has 0 unspecified atom stereocenters. The molecule has 2 aromatic heterocycles. The SMILES string of the molecule is Cc1ccc(-c2cc(C(=O)NC3CCN(CC(N)=O)CC3)n[nH]2)s1. The van der Waals surface area contributed by atoms with E-state index in [2.05, 4.69) is 15.5 Å². The van der Waals surface area contributed by atoms with Gasteiger partial charge in [-0.05, 0) is 38.0 Å². The Labute approximate surface area is 144 Å². The molecule has 0 aliphatic carbocycles. The van der Waals surface area contributed by atoms with E-state index in [0.29, 0.717) is 5.69 Å². The van der Waals surface area contributed by atoms with Crippen LogP contribution in [0.5, 0.6) is 0 Å². The summed E-state index contributed by atoms with van der Waals surface area (Å²) < 4.78 is 0. The van der Waals surface area contributed by atoms with E-state index >= 15 is 0 Å². The molecule has 1 aliphatic rings. The van der Waals surface area contributed by atoms with Gasteiger partial charge in [-0.15, -0.1) is 11.3 Å². The minimum absolute atomic E-state index is 0.103. The van der Waals surface area contributed by atoms with Gasteiger partial charge >= 0.3 is 0 Å². The van der Waals surface area contributed by atoms with E-state index in [1.165, 1.54) is 4.88 Å². The zero-order chi connectivity index (χ0) is 17.1. The first kappa shape index (κ1) is 16.7. The number of nitrogens with zero attached hydrogens (tertiary/aromatic N) is 2. The largest absolute Gasteiger partial charge is 0.369 e. The molecule has 0 aromatic carbocycles. The predicted octanol–water partition coefficient (Wildman–Crippen LogP) is 1.13. The summed E-state index contributed by atoms with van der Waals surface area (Å²) in [5, 5.41) is 10.1. The van der Waals surface area contributed by atoms with Crippen molar-refractivity contribution in [3.8, 4) is 10.6 Å². The van der Waals surface area contributed by atoms with Crippen LogP contribution < -0.4 is 11.1 Å². The predicted molar refractivity (Wildman–Crippen MR) is 92.8 cm³/mol. The number of nitrogens with one attached hydrogen (secondary N) is 2. The molecule has 0 atom stereocenters. The summed E-state index contributed by atoms with van der Waals surface area (Å²) in [6.45, 7) is 3.84. The van der Waals surface area contributed by atoms with Crippen LogP contribution in [-0.2, 0) is 4.79 Å². The summed E-state index contributed by atoms with van der Waals surface area (Å²) in [6, 6.07) is 5.94. The number of aryl methyl sites for hydroxylation is 1. The maximum Gasteiger partial charge on any atom is 0.272 e. The van der Waals surface area contributed by atoms with Crippen molar-refractivity contribution >= 4 is 23.2 Å². The normalized spacial score (nSPS) is 16.2. The van der Waals surface area contributed by atoms with E-state index in [1.54, 1.807) is 17.4 Å². The summed E-state index contributed by atoms with van der Waals surface area (Å²) in [5.41, 5.74) is 6.46. The van der Waals surface area contributed by atoms with Gasteiger partial charge in [0.25, 0.3) is 5.91 Å². The van der Waals surface area contributed by atoms with E-state index in [-0.39, 0.29) is 24.4 Å². The van der Waals surface area contributed by atoms with Gasteiger partial charge in [0.1, 0.15) is 0 Å². The number of H-pyrrole nitrogens is 1. The Morgan fingerprint density at radius 1 is 1.42 bits per heavy atom. The second kappa shape index (κ2) is 7.14. The van der Waals surface area contributed by atoms with Gasteiger partial charge in [-0.25, -0.2) is 0 Å². The number of piperidine rings is 1. The van der Waals surface area contributed by atoms with Gasteiger partial charge in [-0.3, -0.25) is 19.6 Å². The van der Waals surface area contributed by atoms with Crippen molar-refractivity contribution in [1.29, 1.82) is 0 Å². The average Bonchev–Trinajstić information content (AvgIpc) is 3.17. The minimum Gasteiger partial charge on any atom is -0.369 e. The fraction of sp³-hybridized carbons (Fsp3) is 0.438. The molecular weight excluding hydrogens is 326 g/mol. The number of rotatable bonds is 5. The number of nitrogens with two attached hydrogens (primary N) is 1. The fourth-order valence-corrected chi connectivity index (χ4v) is 3.69. The van der Waals surface area contributed by atoms with Crippen molar-refractivity contribution in [3.63, 3.8) is 0 Å². The molecule has 24 heavy (non-hydrogen) atoms. The summed E-state index contributed by atoms with van der Waals surface area (Å²) in [4.78, 5) is 27.6. The molecule has 2 amide bonds. The van der Waals surface area contributed by atoms with E-state index in [0.717, 1.165) is 36.5 Å². The Morgan fingerprint density at radius 3 is 2.79 bits per heavy atom. The molecule has 1 aliphatic heterocycles. The molecule has 3 heterocycles.